The van der Waals surface area contributed by atoms with Gasteiger partial charge in [0.15, 0.2) is 21.3 Å². The summed E-state index contributed by atoms with van der Waals surface area (Å²) >= 11 is 0. The second-order valence-corrected chi connectivity index (χ2v) is 6.88. The summed E-state index contributed by atoms with van der Waals surface area (Å²) in [5, 5.41) is 4.32. The highest BCUT2D eigenvalue weighted by Crippen LogP contribution is 2.27. The van der Waals surface area contributed by atoms with Crippen molar-refractivity contribution in [2.24, 2.45) is 0 Å². The van der Waals surface area contributed by atoms with Crippen molar-refractivity contribution in [3.05, 3.63) is 24.2 Å². The molecule has 1 atom stereocenters. The minimum absolute atomic E-state index is 0.108. The van der Waals surface area contributed by atoms with Gasteiger partial charge in [-0.05, 0) is 25.0 Å². The third-order valence-electron chi connectivity index (χ3n) is 3.24. The Morgan fingerprint density at radius 2 is 2.28 bits per heavy atom. The smallest absolute Gasteiger partial charge is 0.178 e. The molecule has 2 N–H and O–H groups in total. The second-order valence-electron chi connectivity index (χ2n) is 4.66. The van der Waals surface area contributed by atoms with Crippen LogP contribution in [0.15, 0.2) is 18.3 Å². The normalized spacial score (nSPS) is 23.2. The molecule has 2 aromatic heterocycles. The van der Waals surface area contributed by atoms with Crippen LogP contribution in [0.25, 0.3) is 5.65 Å². The highest BCUT2D eigenvalue weighted by atomic mass is 32.2. The molecule has 3 rings (SSSR count). The molecule has 1 unspecified atom stereocenters. The number of nitrogens with zero attached hydrogens (tertiary/aromatic N) is 3. The number of nitrogens with two attached hydrogens (primary N) is 1. The van der Waals surface area contributed by atoms with Crippen molar-refractivity contribution in [1.29, 1.82) is 0 Å². The third-order valence-corrected chi connectivity index (χ3v) is 5.06. The first-order valence-corrected chi connectivity index (χ1v) is 7.68. The Bertz CT molecular complexity index is 692. The number of pyridine rings is 1. The van der Waals surface area contributed by atoms with Gasteiger partial charge in [0.1, 0.15) is 0 Å². The van der Waals surface area contributed by atoms with Gasteiger partial charge in [-0.25, -0.2) is 17.9 Å². The molecule has 2 aromatic rings. The fourth-order valence-corrected chi connectivity index (χ4v) is 4.04. The monoisotopic (exact) mass is 266 g/mol. The van der Waals surface area contributed by atoms with E-state index in [1.165, 1.54) is 0 Å². The maximum Gasteiger partial charge on any atom is 0.178 e. The maximum atomic E-state index is 11.6. The zero-order chi connectivity index (χ0) is 12.8. The standard InChI is InChI=1S/C11H14N4O2S/c12-9-4-1-5-15-11(9)13-10(14-15)8-3-2-6-18(16,17)7-8/h1,4-5,8H,2-3,6-7,12H2. The Labute approximate surface area is 105 Å². The van der Waals surface area contributed by atoms with Crippen molar-refractivity contribution in [1.82, 2.24) is 14.6 Å². The fourth-order valence-electron chi connectivity index (χ4n) is 2.34. The van der Waals surface area contributed by atoms with Crippen LogP contribution in [0.4, 0.5) is 5.69 Å². The Balaban J connectivity index is 2.02. The molecule has 0 aromatic carbocycles. The largest absolute Gasteiger partial charge is 0.396 e. The van der Waals surface area contributed by atoms with E-state index in [-0.39, 0.29) is 17.4 Å². The summed E-state index contributed by atoms with van der Waals surface area (Å²) in [5.74, 6) is 0.891. The summed E-state index contributed by atoms with van der Waals surface area (Å²) in [6, 6.07) is 3.55. The van der Waals surface area contributed by atoms with Gasteiger partial charge in [-0.2, -0.15) is 5.10 Å². The average molecular weight is 266 g/mol. The van der Waals surface area contributed by atoms with E-state index >= 15 is 0 Å². The minimum atomic E-state index is -2.95. The lowest BCUT2D eigenvalue weighted by atomic mass is 10.1. The predicted octanol–water partition coefficient (Wildman–Crippen LogP) is 0.604. The topological polar surface area (TPSA) is 90.4 Å². The van der Waals surface area contributed by atoms with Crippen molar-refractivity contribution < 1.29 is 8.42 Å². The molecule has 3 heterocycles. The van der Waals surface area contributed by atoms with Crippen molar-refractivity contribution in [2.75, 3.05) is 17.2 Å². The molecule has 0 aliphatic carbocycles. The summed E-state index contributed by atoms with van der Waals surface area (Å²) in [5.41, 5.74) is 6.95. The van der Waals surface area contributed by atoms with Gasteiger partial charge in [-0.15, -0.1) is 0 Å². The molecule has 1 saturated heterocycles. The van der Waals surface area contributed by atoms with Gasteiger partial charge >= 0.3 is 0 Å². The van der Waals surface area contributed by atoms with Crippen LogP contribution in [-0.4, -0.2) is 34.5 Å². The molecular weight excluding hydrogens is 252 g/mol. The average Bonchev–Trinajstić information content (AvgIpc) is 2.73. The van der Waals surface area contributed by atoms with Gasteiger partial charge in [-0.3, -0.25) is 0 Å². The van der Waals surface area contributed by atoms with Crippen molar-refractivity contribution >= 4 is 21.2 Å². The van der Waals surface area contributed by atoms with E-state index in [4.69, 9.17) is 5.73 Å². The zero-order valence-corrected chi connectivity index (χ0v) is 10.6. The van der Waals surface area contributed by atoms with Crippen molar-refractivity contribution in [3.63, 3.8) is 0 Å². The van der Waals surface area contributed by atoms with Crippen LogP contribution < -0.4 is 5.73 Å². The Hall–Kier alpha value is -1.63. The molecule has 0 spiro atoms. The Morgan fingerprint density at radius 1 is 1.44 bits per heavy atom. The molecule has 96 valence electrons. The van der Waals surface area contributed by atoms with Crippen LogP contribution >= 0.6 is 0 Å². The van der Waals surface area contributed by atoms with E-state index in [1.54, 1.807) is 22.8 Å². The van der Waals surface area contributed by atoms with Crippen molar-refractivity contribution in [2.45, 2.75) is 18.8 Å². The van der Waals surface area contributed by atoms with Gasteiger partial charge in [0.2, 0.25) is 0 Å². The molecule has 18 heavy (non-hydrogen) atoms. The van der Waals surface area contributed by atoms with Crippen LogP contribution in [-0.2, 0) is 9.84 Å². The summed E-state index contributed by atoms with van der Waals surface area (Å²) < 4.78 is 24.9. The molecule has 1 fully saturated rings. The quantitative estimate of drug-likeness (QED) is 0.816. The van der Waals surface area contributed by atoms with Crippen LogP contribution in [0.5, 0.6) is 0 Å². The molecule has 1 aliphatic rings. The van der Waals surface area contributed by atoms with Gasteiger partial charge in [0.25, 0.3) is 0 Å². The predicted molar refractivity (Wildman–Crippen MR) is 68.0 cm³/mol. The molecular formula is C11H14N4O2S. The summed E-state index contributed by atoms with van der Waals surface area (Å²) in [4.78, 5) is 4.36. The fraction of sp³-hybridized carbons (Fsp3) is 0.455. The highest BCUT2D eigenvalue weighted by molar-refractivity contribution is 7.91. The van der Waals surface area contributed by atoms with Gasteiger partial charge < -0.3 is 5.73 Å². The first kappa shape index (κ1) is 11.5. The summed E-state index contributed by atoms with van der Waals surface area (Å²) in [6.45, 7) is 0. The number of sulfone groups is 1. The maximum absolute atomic E-state index is 11.6. The van der Waals surface area contributed by atoms with Crippen molar-refractivity contribution in [3.8, 4) is 0 Å². The molecule has 0 amide bonds. The number of nitrogen functional groups attached to an aromatic ring is 1. The molecule has 0 bridgehead atoms. The minimum Gasteiger partial charge on any atom is -0.396 e. The summed E-state index contributed by atoms with van der Waals surface area (Å²) in [6.07, 6.45) is 3.26. The first-order valence-electron chi connectivity index (χ1n) is 5.86. The van der Waals surface area contributed by atoms with Crippen LogP contribution in [0.3, 0.4) is 0 Å². The van der Waals surface area contributed by atoms with Crippen LogP contribution in [0.1, 0.15) is 24.6 Å². The van der Waals surface area contributed by atoms with Gasteiger partial charge in [-0.1, -0.05) is 0 Å². The Morgan fingerprint density at radius 3 is 3.00 bits per heavy atom. The second kappa shape index (κ2) is 3.94. The molecule has 0 radical (unpaired) electrons. The van der Waals surface area contributed by atoms with E-state index in [1.807, 2.05) is 0 Å². The number of aromatic nitrogens is 3. The van der Waals surface area contributed by atoms with Gasteiger partial charge in [0.05, 0.1) is 17.2 Å². The van der Waals surface area contributed by atoms with E-state index < -0.39 is 9.84 Å². The van der Waals surface area contributed by atoms with Crippen LogP contribution in [0, 0.1) is 0 Å². The SMILES string of the molecule is Nc1cccn2nc(C3CCCS(=O)(=O)C3)nc12. The summed E-state index contributed by atoms with van der Waals surface area (Å²) in [7, 11) is -2.95. The third kappa shape index (κ3) is 1.94. The Kier molecular flexibility index (Phi) is 2.51. The highest BCUT2D eigenvalue weighted by Gasteiger charge is 2.28. The zero-order valence-electron chi connectivity index (χ0n) is 9.78. The molecule has 0 saturated carbocycles. The van der Waals surface area contributed by atoms with E-state index in [2.05, 4.69) is 10.1 Å². The van der Waals surface area contributed by atoms with E-state index in [0.29, 0.717) is 23.6 Å². The molecule has 1 aliphatic heterocycles. The number of anilines is 1. The lowest BCUT2D eigenvalue weighted by Crippen LogP contribution is -2.24. The lowest BCUT2D eigenvalue weighted by molar-refractivity contribution is 0.543. The molecule has 7 heteroatoms. The molecule has 6 nitrogen and oxygen atoms in total. The lowest BCUT2D eigenvalue weighted by Gasteiger charge is -2.18. The number of rotatable bonds is 1. The van der Waals surface area contributed by atoms with Gasteiger partial charge in [0, 0.05) is 12.1 Å². The number of hydrogen-bond acceptors (Lipinski definition) is 5. The number of fused-ring (bicyclic) bond motifs is 1. The first-order chi connectivity index (χ1) is 8.55. The van der Waals surface area contributed by atoms with Crippen LogP contribution in [0.2, 0.25) is 0 Å². The van der Waals surface area contributed by atoms with E-state index in [9.17, 15) is 8.42 Å². The number of hydrogen-bond donors (Lipinski definition) is 1. The van der Waals surface area contributed by atoms with E-state index in [0.717, 1.165) is 6.42 Å².